The van der Waals surface area contributed by atoms with E-state index in [1.54, 1.807) is 0 Å². The van der Waals surface area contributed by atoms with E-state index in [1.807, 2.05) is 30.5 Å². The zero-order chi connectivity index (χ0) is 11.4. The van der Waals surface area contributed by atoms with Crippen molar-refractivity contribution in [3.63, 3.8) is 0 Å². The lowest BCUT2D eigenvalue weighted by atomic mass is 10.1. The Morgan fingerprint density at radius 1 is 1.25 bits per heavy atom. The third-order valence-electron chi connectivity index (χ3n) is 2.53. The number of fused-ring (bicyclic) bond motifs is 1. The number of halogens is 1. The molecule has 84 valence electrons. The summed E-state index contributed by atoms with van der Waals surface area (Å²) in [7, 11) is 0. The fourth-order valence-electron chi connectivity index (χ4n) is 1.74. The molecule has 0 saturated heterocycles. The van der Waals surface area contributed by atoms with Crippen molar-refractivity contribution in [3.05, 3.63) is 36.2 Å². The van der Waals surface area contributed by atoms with Crippen LogP contribution in [0.1, 0.15) is 25.5 Å². The second kappa shape index (κ2) is 5.39. The number of alkyl halides is 1. The molecular formula is C13H15BrN2. The molecule has 0 saturated carbocycles. The normalized spacial score (nSPS) is 12.9. The Morgan fingerprint density at radius 3 is 2.75 bits per heavy atom. The molecule has 0 aliphatic rings. The fourth-order valence-corrected chi connectivity index (χ4v) is 2.53. The van der Waals surface area contributed by atoms with Gasteiger partial charge in [0.1, 0.15) is 0 Å². The van der Waals surface area contributed by atoms with Gasteiger partial charge in [-0.2, -0.15) is 0 Å². The van der Waals surface area contributed by atoms with Crippen molar-refractivity contribution < 1.29 is 0 Å². The number of aromatic nitrogens is 2. The summed E-state index contributed by atoms with van der Waals surface area (Å²) in [5, 5.41) is 0. The monoisotopic (exact) mass is 278 g/mol. The Labute approximate surface area is 104 Å². The van der Waals surface area contributed by atoms with Gasteiger partial charge in [0.15, 0.2) is 0 Å². The molecule has 2 nitrogen and oxygen atoms in total. The quantitative estimate of drug-likeness (QED) is 0.797. The third-order valence-corrected chi connectivity index (χ3v) is 3.31. The smallest absolute Gasteiger partial charge is 0.0890 e. The zero-order valence-electron chi connectivity index (χ0n) is 9.36. The second-order valence-electron chi connectivity index (χ2n) is 3.94. The highest BCUT2D eigenvalue weighted by Crippen LogP contribution is 2.15. The lowest BCUT2D eigenvalue weighted by Gasteiger charge is -2.07. The van der Waals surface area contributed by atoms with Crippen LogP contribution in [0.4, 0.5) is 0 Å². The average molecular weight is 279 g/mol. The summed E-state index contributed by atoms with van der Waals surface area (Å²) in [5.41, 5.74) is 3.01. The minimum atomic E-state index is 0.507. The van der Waals surface area contributed by atoms with Crippen LogP contribution in [0, 0.1) is 0 Å². The van der Waals surface area contributed by atoms with Crippen LogP contribution in [-0.4, -0.2) is 14.8 Å². The topological polar surface area (TPSA) is 25.8 Å². The van der Waals surface area contributed by atoms with E-state index in [1.165, 1.54) is 12.8 Å². The first kappa shape index (κ1) is 11.5. The highest BCUT2D eigenvalue weighted by atomic mass is 79.9. The molecular weight excluding hydrogens is 264 g/mol. The highest BCUT2D eigenvalue weighted by Gasteiger charge is 2.06. The number of hydrogen-bond donors (Lipinski definition) is 0. The largest absolute Gasteiger partial charge is 0.253 e. The Balaban J connectivity index is 2.19. The molecule has 0 radical (unpaired) electrons. The molecule has 0 fully saturated rings. The van der Waals surface area contributed by atoms with Gasteiger partial charge in [-0.3, -0.25) is 4.98 Å². The summed E-state index contributed by atoms with van der Waals surface area (Å²) in [4.78, 5) is 9.52. The van der Waals surface area contributed by atoms with Gasteiger partial charge in [-0.15, -0.1) is 0 Å². The van der Waals surface area contributed by atoms with Crippen LogP contribution in [0.3, 0.4) is 0 Å². The standard InChI is InChI=1S/C13H15BrN2/c1-2-5-10(14)8-11-9-15-12-6-3-4-7-13(12)16-11/h3-4,6-7,9-10H,2,5,8H2,1H3. The van der Waals surface area contributed by atoms with Gasteiger partial charge in [0.05, 0.1) is 16.7 Å². The van der Waals surface area contributed by atoms with Crippen molar-refractivity contribution >= 4 is 27.0 Å². The van der Waals surface area contributed by atoms with E-state index < -0.39 is 0 Å². The Kier molecular flexibility index (Phi) is 3.88. The molecule has 0 aliphatic heterocycles. The number of para-hydroxylation sites is 2. The number of nitrogens with zero attached hydrogens (tertiary/aromatic N) is 2. The van der Waals surface area contributed by atoms with E-state index in [0.29, 0.717) is 4.83 Å². The highest BCUT2D eigenvalue weighted by molar-refractivity contribution is 9.09. The molecule has 0 bridgehead atoms. The van der Waals surface area contributed by atoms with Crippen LogP contribution in [-0.2, 0) is 6.42 Å². The molecule has 3 heteroatoms. The molecule has 1 aromatic carbocycles. The first-order chi connectivity index (χ1) is 7.79. The Morgan fingerprint density at radius 2 is 2.00 bits per heavy atom. The van der Waals surface area contributed by atoms with Crippen LogP contribution >= 0.6 is 15.9 Å². The van der Waals surface area contributed by atoms with Crippen molar-refractivity contribution in [2.45, 2.75) is 31.0 Å². The maximum Gasteiger partial charge on any atom is 0.0890 e. The number of rotatable bonds is 4. The van der Waals surface area contributed by atoms with Crippen LogP contribution < -0.4 is 0 Å². The molecule has 16 heavy (non-hydrogen) atoms. The van der Waals surface area contributed by atoms with Crippen LogP contribution in [0.15, 0.2) is 30.5 Å². The lowest BCUT2D eigenvalue weighted by molar-refractivity contribution is 0.734. The van der Waals surface area contributed by atoms with E-state index in [2.05, 4.69) is 32.8 Å². The first-order valence-electron chi connectivity index (χ1n) is 5.64. The molecule has 0 amide bonds. The van der Waals surface area contributed by atoms with Gasteiger partial charge in [-0.1, -0.05) is 41.4 Å². The van der Waals surface area contributed by atoms with Gasteiger partial charge in [0.2, 0.25) is 0 Å². The van der Waals surface area contributed by atoms with E-state index in [0.717, 1.165) is 23.1 Å². The van der Waals surface area contributed by atoms with Gasteiger partial charge in [0.25, 0.3) is 0 Å². The second-order valence-corrected chi connectivity index (χ2v) is 5.24. The minimum Gasteiger partial charge on any atom is -0.253 e. The maximum absolute atomic E-state index is 4.60. The summed E-state index contributed by atoms with van der Waals surface area (Å²) in [6.07, 6.45) is 5.20. The van der Waals surface area contributed by atoms with E-state index in [-0.39, 0.29) is 0 Å². The predicted molar refractivity (Wildman–Crippen MR) is 70.9 cm³/mol. The summed E-state index contributed by atoms with van der Waals surface area (Å²) < 4.78 is 0. The number of benzene rings is 1. The first-order valence-corrected chi connectivity index (χ1v) is 6.56. The predicted octanol–water partition coefficient (Wildman–Crippen LogP) is 3.74. The molecule has 0 spiro atoms. The molecule has 2 rings (SSSR count). The molecule has 1 heterocycles. The van der Waals surface area contributed by atoms with Crippen molar-refractivity contribution in [2.24, 2.45) is 0 Å². The number of hydrogen-bond acceptors (Lipinski definition) is 2. The van der Waals surface area contributed by atoms with Crippen LogP contribution in [0.5, 0.6) is 0 Å². The zero-order valence-corrected chi connectivity index (χ0v) is 10.9. The Hall–Kier alpha value is -0.960. The molecule has 1 aromatic heterocycles. The Bertz CT molecular complexity index is 470. The molecule has 0 N–H and O–H groups in total. The van der Waals surface area contributed by atoms with Crippen molar-refractivity contribution in [1.82, 2.24) is 9.97 Å². The van der Waals surface area contributed by atoms with Gasteiger partial charge in [-0.25, -0.2) is 4.98 Å². The van der Waals surface area contributed by atoms with Gasteiger partial charge < -0.3 is 0 Å². The van der Waals surface area contributed by atoms with E-state index in [4.69, 9.17) is 0 Å². The molecule has 1 atom stereocenters. The SMILES string of the molecule is CCCC(Br)Cc1cnc2ccccc2n1. The third kappa shape index (κ3) is 2.79. The van der Waals surface area contributed by atoms with Gasteiger partial charge in [-0.05, 0) is 18.6 Å². The molecule has 1 unspecified atom stereocenters. The summed E-state index contributed by atoms with van der Waals surface area (Å²) in [6, 6.07) is 7.98. The summed E-state index contributed by atoms with van der Waals surface area (Å²) >= 11 is 3.67. The average Bonchev–Trinajstić information content (AvgIpc) is 2.29. The molecule has 2 aromatic rings. The van der Waals surface area contributed by atoms with Crippen molar-refractivity contribution in [3.8, 4) is 0 Å². The van der Waals surface area contributed by atoms with Gasteiger partial charge >= 0.3 is 0 Å². The van der Waals surface area contributed by atoms with E-state index >= 15 is 0 Å². The van der Waals surface area contributed by atoms with Gasteiger partial charge in [0, 0.05) is 17.4 Å². The maximum atomic E-state index is 4.60. The minimum absolute atomic E-state index is 0.507. The lowest BCUT2D eigenvalue weighted by Crippen LogP contribution is -2.04. The van der Waals surface area contributed by atoms with Crippen LogP contribution in [0.2, 0.25) is 0 Å². The van der Waals surface area contributed by atoms with E-state index in [9.17, 15) is 0 Å². The van der Waals surface area contributed by atoms with Crippen LogP contribution in [0.25, 0.3) is 11.0 Å². The van der Waals surface area contributed by atoms with Crippen molar-refractivity contribution in [2.75, 3.05) is 0 Å². The molecule has 0 aliphatic carbocycles. The van der Waals surface area contributed by atoms with Crippen molar-refractivity contribution in [1.29, 1.82) is 0 Å². The summed E-state index contributed by atoms with van der Waals surface area (Å²) in [5.74, 6) is 0. The summed E-state index contributed by atoms with van der Waals surface area (Å²) in [6.45, 7) is 2.19. The fraction of sp³-hybridized carbons (Fsp3) is 0.385.